The quantitative estimate of drug-likeness (QED) is 0.669. The zero-order chi connectivity index (χ0) is 17.0. The van der Waals surface area contributed by atoms with Gasteiger partial charge in [0.05, 0.1) is 16.2 Å². The van der Waals surface area contributed by atoms with Crippen molar-refractivity contribution >= 4 is 29.2 Å². The van der Waals surface area contributed by atoms with Crippen molar-refractivity contribution in [2.24, 2.45) is 0 Å². The number of thioether (sulfide) groups is 1. The number of nitro benzene ring substituents is 1. The average molecular weight is 337 g/mol. The molecule has 1 aromatic carbocycles. The first-order valence-electron chi connectivity index (χ1n) is 7.77. The van der Waals surface area contributed by atoms with Crippen molar-refractivity contribution < 1.29 is 9.72 Å². The van der Waals surface area contributed by atoms with E-state index in [-0.39, 0.29) is 11.7 Å². The van der Waals surface area contributed by atoms with Crippen molar-refractivity contribution in [2.45, 2.75) is 38.4 Å². The van der Waals surface area contributed by atoms with E-state index in [1.165, 1.54) is 6.07 Å². The molecular weight excluding hydrogens is 314 g/mol. The number of carbonyl (C=O) groups excluding carboxylic acids is 1. The van der Waals surface area contributed by atoms with Crippen LogP contribution in [0.25, 0.3) is 0 Å². The van der Waals surface area contributed by atoms with E-state index >= 15 is 0 Å². The minimum absolute atomic E-state index is 0.0313. The van der Waals surface area contributed by atoms with E-state index in [0.717, 1.165) is 37.9 Å². The fraction of sp³-hybridized carbons (Fsp3) is 0.562. The second-order valence-corrected chi connectivity index (χ2v) is 7.03. The number of hydrogen-bond acceptors (Lipinski definition) is 4. The van der Waals surface area contributed by atoms with E-state index in [2.05, 4.69) is 11.6 Å². The third-order valence-corrected chi connectivity index (χ3v) is 5.37. The molecule has 1 N–H and O–H groups in total. The van der Waals surface area contributed by atoms with Crippen LogP contribution < -0.4 is 5.32 Å². The maximum absolute atomic E-state index is 12.6. The molecule has 0 radical (unpaired) electrons. The van der Waals surface area contributed by atoms with E-state index < -0.39 is 4.92 Å². The van der Waals surface area contributed by atoms with Crippen LogP contribution in [0.1, 0.15) is 30.4 Å². The number of rotatable bonds is 3. The van der Waals surface area contributed by atoms with Crippen molar-refractivity contribution in [2.75, 3.05) is 24.7 Å². The Bertz CT molecular complexity index is 606. The standard InChI is InChI=1S/C16H23N3O3S/c1-11-7-8-14(19(21)22)12(2)15(11)17-16(20)18-9-5-4-6-13(10-18)23-3/h7-8,13H,4-6,9-10H2,1-3H3,(H,17,20)/t13-/m1/s1. The van der Waals surface area contributed by atoms with Crippen LogP contribution in [0.4, 0.5) is 16.2 Å². The molecule has 2 rings (SSSR count). The lowest BCUT2D eigenvalue weighted by atomic mass is 10.1. The molecule has 2 amide bonds. The molecule has 1 heterocycles. The van der Waals surface area contributed by atoms with Crippen LogP contribution in [0.15, 0.2) is 12.1 Å². The van der Waals surface area contributed by atoms with Gasteiger partial charge in [-0.15, -0.1) is 0 Å². The Morgan fingerprint density at radius 2 is 2.13 bits per heavy atom. The van der Waals surface area contributed by atoms with Crippen molar-refractivity contribution in [3.63, 3.8) is 0 Å². The number of nitrogens with one attached hydrogen (secondary N) is 1. The molecule has 23 heavy (non-hydrogen) atoms. The second kappa shape index (κ2) is 7.68. The van der Waals surface area contributed by atoms with Crippen LogP contribution >= 0.6 is 11.8 Å². The molecule has 1 aliphatic rings. The molecule has 1 aromatic rings. The summed E-state index contributed by atoms with van der Waals surface area (Å²) >= 11 is 1.79. The van der Waals surface area contributed by atoms with E-state index in [1.807, 2.05) is 11.8 Å². The van der Waals surface area contributed by atoms with Gasteiger partial charge in [0, 0.05) is 24.4 Å². The van der Waals surface area contributed by atoms with E-state index in [9.17, 15) is 14.9 Å². The predicted molar refractivity (Wildman–Crippen MR) is 94.3 cm³/mol. The number of anilines is 1. The number of urea groups is 1. The van der Waals surface area contributed by atoms with Crippen molar-refractivity contribution in [3.05, 3.63) is 33.4 Å². The van der Waals surface area contributed by atoms with Gasteiger partial charge in [-0.3, -0.25) is 10.1 Å². The van der Waals surface area contributed by atoms with Crippen LogP contribution in [0.5, 0.6) is 0 Å². The Labute approximate surface area is 140 Å². The highest BCUT2D eigenvalue weighted by Crippen LogP contribution is 2.29. The van der Waals surface area contributed by atoms with Crippen molar-refractivity contribution in [1.82, 2.24) is 4.90 Å². The molecule has 7 heteroatoms. The van der Waals surface area contributed by atoms with Gasteiger partial charge in [0.1, 0.15) is 0 Å². The third-order valence-electron chi connectivity index (χ3n) is 4.32. The van der Waals surface area contributed by atoms with Gasteiger partial charge in [0.15, 0.2) is 0 Å². The minimum atomic E-state index is -0.417. The van der Waals surface area contributed by atoms with Crippen molar-refractivity contribution in [3.8, 4) is 0 Å². The predicted octanol–water partition coefficient (Wildman–Crippen LogP) is 3.96. The lowest BCUT2D eigenvalue weighted by Gasteiger charge is -2.24. The van der Waals surface area contributed by atoms with Gasteiger partial charge in [-0.05, 0) is 38.5 Å². The molecule has 1 atom stereocenters. The fourth-order valence-electron chi connectivity index (χ4n) is 2.89. The normalized spacial score (nSPS) is 18.4. The smallest absolute Gasteiger partial charge is 0.321 e. The maximum atomic E-state index is 12.6. The molecule has 0 spiro atoms. The minimum Gasteiger partial charge on any atom is -0.323 e. The fourth-order valence-corrected chi connectivity index (χ4v) is 3.62. The van der Waals surface area contributed by atoms with Crippen LogP contribution in [-0.4, -0.2) is 40.4 Å². The molecule has 6 nitrogen and oxygen atoms in total. The first kappa shape index (κ1) is 17.6. The second-order valence-electron chi connectivity index (χ2n) is 5.89. The van der Waals surface area contributed by atoms with E-state index in [4.69, 9.17) is 0 Å². The molecule has 0 bridgehead atoms. The van der Waals surface area contributed by atoms with Gasteiger partial charge >= 0.3 is 6.03 Å². The van der Waals surface area contributed by atoms with Crippen LogP contribution in [0, 0.1) is 24.0 Å². The average Bonchev–Trinajstić information content (AvgIpc) is 2.76. The Morgan fingerprint density at radius 3 is 2.78 bits per heavy atom. The number of likely N-dealkylation sites (tertiary alicyclic amines) is 1. The summed E-state index contributed by atoms with van der Waals surface area (Å²) < 4.78 is 0. The Hall–Kier alpha value is -1.76. The number of carbonyl (C=O) groups is 1. The van der Waals surface area contributed by atoms with Crippen LogP contribution in [-0.2, 0) is 0 Å². The first-order valence-corrected chi connectivity index (χ1v) is 9.06. The van der Waals surface area contributed by atoms with Crippen LogP contribution in [0.2, 0.25) is 0 Å². The molecule has 0 unspecified atom stereocenters. The topological polar surface area (TPSA) is 75.5 Å². The van der Waals surface area contributed by atoms with Gasteiger partial charge in [0.2, 0.25) is 0 Å². The number of benzene rings is 1. The highest BCUT2D eigenvalue weighted by molar-refractivity contribution is 7.99. The van der Waals surface area contributed by atoms with Gasteiger partial charge in [-0.25, -0.2) is 4.79 Å². The molecule has 0 aromatic heterocycles. The summed E-state index contributed by atoms with van der Waals surface area (Å²) in [6, 6.07) is 2.99. The maximum Gasteiger partial charge on any atom is 0.321 e. The van der Waals surface area contributed by atoms with Gasteiger partial charge in [-0.1, -0.05) is 12.5 Å². The summed E-state index contributed by atoms with van der Waals surface area (Å²) in [5.74, 6) is 0. The zero-order valence-corrected chi connectivity index (χ0v) is 14.6. The largest absolute Gasteiger partial charge is 0.323 e. The zero-order valence-electron chi connectivity index (χ0n) is 13.8. The molecule has 0 saturated carbocycles. The molecule has 1 aliphatic heterocycles. The number of nitro groups is 1. The third kappa shape index (κ3) is 4.16. The summed E-state index contributed by atoms with van der Waals surface area (Å²) in [5.41, 5.74) is 1.91. The lowest BCUT2D eigenvalue weighted by molar-refractivity contribution is -0.385. The number of hydrogen-bond donors (Lipinski definition) is 1. The SMILES string of the molecule is CS[C@@H]1CCCCN(C(=O)Nc2c(C)ccc([N+](=O)[O-])c2C)C1. The molecular formula is C16H23N3O3S. The molecule has 1 fully saturated rings. The summed E-state index contributed by atoms with van der Waals surface area (Å²) in [6.07, 6.45) is 5.32. The van der Waals surface area contributed by atoms with E-state index in [0.29, 0.717) is 16.5 Å². The Morgan fingerprint density at radius 1 is 1.39 bits per heavy atom. The summed E-state index contributed by atoms with van der Waals surface area (Å²) in [4.78, 5) is 25.1. The summed E-state index contributed by atoms with van der Waals surface area (Å²) in [5, 5.41) is 14.4. The highest BCUT2D eigenvalue weighted by atomic mass is 32.2. The lowest BCUT2D eigenvalue weighted by Crippen LogP contribution is -2.38. The number of aryl methyl sites for hydroxylation is 1. The van der Waals surface area contributed by atoms with Gasteiger partial charge in [-0.2, -0.15) is 11.8 Å². The highest BCUT2D eigenvalue weighted by Gasteiger charge is 2.23. The first-order chi connectivity index (χ1) is 10.9. The molecule has 126 valence electrons. The Kier molecular flexibility index (Phi) is 5.87. The summed E-state index contributed by atoms with van der Waals surface area (Å²) in [7, 11) is 0. The van der Waals surface area contributed by atoms with Crippen LogP contribution in [0.3, 0.4) is 0 Å². The summed E-state index contributed by atoms with van der Waals surface area (Å²) in [6.45, 7) is 4.98. The van der Waals surface area contributed by atoms with Gasteiger partial charge in [0.25, 0.3) is 5.69 Å². The number of amides is 2. The molecule has 0 aliphatic carbocycles. The van der Waals surface area contributed by atoms with Gasteiger partial charge < -0.3 is 10.2 Å². The molecule has 1 saturated heterocycles. The van der Waals surface area contributed by atoms with Crippen molar-refractivity contribution in [1.29, 1.82) is 0 Å². The van der Waals surface area contributed by atoms with E-state index in [1.54, 1.807) is 24.8 Å². The number of nitrogens with zero attached hydrogens (tertiary/aromatic N) is 2. The Balaban J connectivity index is 2.19. The monoisotopic (exact) mass is 337 g/mol.